The van der Waals surface area contributed by atoms with Crippen LogP contribution in [0, 0.1) is 0 Å². The predicted molar refractivity (Wildman–Crippen MR) is 128 cm³/mol. The van der Waals surface area contributed by atoms with Crippen molar-refractivity contribution in [3.63, 3.8) is 0 Å². The molecular weight excluding hydrogens is 470 g/mol. The summed E-state index contributed by atoms with van der Waals surface area (Å²) in [4.78, 5) is 17.1. The van der Waals surface area contributed by atoms with E-state index in [0.29, 0.717) is 22.8 Å². The largest absolute Gasteiger partial charge is 0.484 e. The number of nitrogens with zero attached hydrogens (tertiary/aromatic N) is 4. The summed E-state index contributed by atoms with van der Waals surface area (Å²) in [7, 11) is 0. The SMILES string of the molecule is O=c1[nH]cccc1CN(c1ccc(-c2nn[nH]n2)cc1)c1cccc(OC(F)F)c1OC1CCCC1. The minimum Gasteiger partial charge on any atom is -0.484 e. The van der Waals surface area contributed by atoms with Gasteiger partial charge in [-0.1, -0.05) is 12.1 Å². The van der Waals surface area contributed by atoms with Crippen LogP contribution in [0.4, 0.5) is 20.2 Å². The highest BCUT2D eigenvalue weighted by Gasteiger charge is 2.25. The number of para-hydroxylation sites is 1. The molecule has 36 heavy (non-hydrogen) atoms. The second-order valence-electron chi connectivity index (χ2n) is 8.40. The van der Waals surface area contributed by atoms with Crippen molar-refractivity contribution < 1.29 is 18.3 Å². The molecule has 0 radical (unpaired) electrons. The molecule has 5 rings (SSSR count). The number of hydrogen-bond acceptors (Lipinski definition) is 7. The number of aromatic nitrogens is 5. The van der Waals surface area contributed by atoms with E-state index in [2.05, 4.69) is 25.6 Å². The zero-order valence-corrected chi connectivity index (χ0v) is 19.2. The van der Waals surface area contributed by atoms with Crippen LogP contribution in [-0.2, 0) is 6.54 Å². The molecule has 2 aromatic heterocycles. The van der Waals surface area contributed by atoms with Crippen molar-refractivity contribution in [1.82, 2.24) is 25.6 Å². The molecule has 0 atom stereocenters. The van der Waals surface area contributed by atoms with Crippen molar-refractivity contribution in [2.75, 3.05) is 4.90 Å². The molecule has 2 aromatic carbocycles. The number of alkyl halides is 2. The van der Waals surface area contributed by atoms with Gasteiger partial charge in [0.05, 0.1) is 18.3 Å². The van der Waals surface area contributed by atoms with Gasteiger partial charge in [0, 0.05) is 23.0 Å². The second kappa shape index (κ2) is 10.5. The Kier molecular flexibility index (Phi) is 6.87. The van der Waals surface area contributed by atoms with Crippen LogP contribution in [0.3, 0.4) is 0 Å². The number of hydrogen-bond donors (Lipinski definition) is 2. The summed E-state index contributed by atoms with van der Waals surface area (Å²) in [6.45, 7) is -2.84. The monoisotopic (exact) mass is 494 g/mol. The van der Waals surface area contributed by atoms with Gasteiger partial charge < -0.3 is 19.4 Å². The number of rotatable bonds is 9. The lowest BCUT2D eigenvalue weighted by molar-refractivity contribution is -0.0519. The molecule has 0 bridgehead atoms. The van der Waals surface area contributed by atoms with Crippen molar-refractivity contribution >= 4 is 11.4 Å². The Morgan fingerprint density at radius 2 is 1.86 bits per heavy atom. The van der Waals surface area contributed by atoms with Crippen LogP contribution < -0.4 is 19.9 Å². The minimum atomic E-state index is -3.01. The maximum absolute atomic E-state index is 13.3. The number of ether oxygens (including phenoxy) is 2. The molecule has 4 aromatic rings. The molecule has 1 aliphatic rings. The normalized spacial score (nSPS) is 13.8. The first kappa shape index (κ1) is 23.5. The van der Waals surface area contributed by atoms with Crippen LogP contribution in [0.5, 0.6) is 11.5 Å². The summed E-state index contributed by atoms with van der Waals surface area (Å²) in [5.41, 5.74) is 2.20. The van der Waals surface area contributed by atoms with Gasteiger partial charge in [-0.05, 0) is 73.4 Å². The quantitative estimate of drug-likeness (QED) is 0.343. The van der Waals surface area contributed by atoms with Gasteiger partial charge >= 0.3 is 6.61 Å². The fourth-order valence-electron chi connectivity index (χ4n) is 4.34. The van der Waals surface area contributed by atoms with Crippen LogP contribution in [-0.4, -0.2) is 38.3 Å². The fourth-order valence-corrected chi connectivity index (χ4v) is 4.34. The summed E-state index contributed by atoms with van der Waals surface area (Å²) in [5, 5.41) is 14.0. The van der Waals surface area contributed by atoms with Crippen molar-refractivity contribution in [3.05, 3.63) is 76.7 Å². The van der Waals surface area contributed by atoms with E-state index >= 15 is 0 Å². The highest BCUT2D eigenvalue weighted by molar-refractivity contribution is 5.74. The van der Waals surface area contributed by atoms with Crippen molar-refractivity contribution in [2.45, 2.75) is 44.9 Å². The van der Waals surface area contributed by atoms with Crippen LogP contribution >= 0.6 is 0 Å². The molecule has 0 unspecified atom stereocenters. The van der Waals surface area contributed by atoms with Crippen LogP contribution in [0.1, 0.15) is 31.2 Å². The molecule has 1 fully saturated rings. The predicted octanol–water partition coefficient (Wildman–Crippen LogP) is 4.82. The second-order valence-corrected chi connectivity index (χ2v) is 8.40. The first-order valence-corrected chi connectivity index (χ1v) is 11.6. The number of benzene rings is 2. The third kappa shape index (κ3) is 5.19. The van der Waals surface area contributed by atoms with E-state index in [1.165, 1.54) is 6.07 Å². The Morgan fingerprint density at radius 1 is 1.06 bits per heavy atom. The van der Waals surface area contributed by atoms with Gasteiger partial charge in [0.25, 0.3) is 5.56 Å². The molecule has 0 aliphatic heterocycles. The highest BCUT2D eigenvalue weighted by atomic mass is 19.3. The fraction of sp³-hybridized carbons (Fsp3) is 0.280. The van der Waals surface area contributed by atoms with E-state index in [9.17, 15) is 13.6 Å². The van der Waals surface area contributed by atoms with Gasteiger partial charge in [-0.3, -0.25) is 4.79 Å². The number of anilines is 2. The smallest absolute Gasteiger partial charge is 0.387 e. The van der Waals surface area contributed by atoms with E-state index < -0.39 is 6.61 Å². The Hall–Kier alpha value is -4.28. The first-order valence-electron chi connectivity index (χ1n) is 11.6. The molecule has 1 saturated carbocycles. The Morgan fingerprint density at radius 3 is 2.56 bits per heavy atom. The summed E-state index contributed by atoms with van der Waals surface area (Å²) < 4.78 is 37.7. The Bertz CT molecular complexity index is 1340. The molecule has 11 heteroatoms. The third-order valence-electron chi connectivity index (χ3n) is 6.06. The lowest BCUT2D eigenvalue weighted by atomic mass is 10.1. The lowest BCUT2D eigenvalue weighted by Gasteiger charge is -2.29. The zero-order chi connectivity index (χ0) is 24.9. The number of H-pyrrole nitrogens is 2. The first-order chi connectivity index (χ1) is 17.6. The zero-order valence-electron chi connectivity index (χ0n) is 19.2. The Balaban J connectivity index is 1.60. The van der Waals surface area contributed by atoms with Gasteiger partial charge in [0.15, 0.2) is 11.5 Å². The standard InChI is InChI=1S/C25H24F2N6O3/c26-25(27)36-21-9-3-8-20(22(21)35-19-6-1-2-7-19)33(15-17-5-4-14-28-24(17)34)18-12-10-16(11-13-18)23-29-31-32-30-23/h3-5,8-14,19,25H,1-2,6-7,15H2,(H,28,34)(H,29,30,31,32). The van der Waals surface area contributed by atoms with Crippen molar-refractivity contribution in [1.29, 1.82) is 0 Å². The minimum absolute atomic E-state index is 0.0511. The molecule has 2 heterocycles. The average Bonchev–Trinajstić information content (AvgIpc) is 3.60. The number of tetrazole rings is 1. The van der Waals surface area contributed by atoms with Gasteiger partial charge in [-0.2, -0.15) is 14.0 Å². The molecule has 0 spiro atoms. The van der Waals surface area contributed by atoms with E-state index in [0.717, 1.165) is 31.2 Å². The maximum Gasteiger partial charge on any atom is 0.387 e. The van der Waals surface area contributed by atoms with Crippen LogP contribution in [0.25, 0.3) is 11.4 Å². The van der Waals surface area contributed by atoms with Gasteiger partial charge in [0.2, 0.25) is 5.82 Å². The molecule has 0 amide bonds. The maximum atomic E-state index is 13.3. The molecule has 2 N–H and O–H groups in total. The summed E-state index contributed by atoms with van der Waals surface area (Å²) in [5.74, 6) is 0.606. The number of halogens is 2. The number of nitrogens with one attached hydrogen (secondary N) is 2. The Labute approximate surface area is 205 Å². The van der Waals surface area contributed by atoms with Crippen molar-refractivity contribution in [3.8, 4) is 22.9 Å². The van der Waals surface area contributed by atoms with E-state index in [4.69, 9.17) is 9.47 Å². The molecule has 1 aliphatic carbocycles. The van der Waals surface area contributed by atoms with E-state index in [-0.39, 0.29) is 29.7 Å². The molecule has 9 nitrogen and oxygen atoms in total. The topological polar surface area (TPSA) is 109 Å². The van der Waals surface area contributed by atoms with Gasteiger partial charge in [0.1, 0.15) is 0 Å². The number of aromatic amines is 2. The van der Waals surface area contributed by atoms with E-state index in [1.807, 2.05) is 29.2 Å². The third-order valence-corrected chi connectivity index (χ3v) is 6.06. The highest BCUT2D eigenvalue weighted by Crippen LogP contribution is 2.44. The number of pyridine rings is 1. The molecule has 0 saturated heterocycles. The summed E-state index contributed by atoms with van der Waals surface area (Å²) in [6.07, 6.45) is 5.15. The van der Waals surface area contributed by atoms with Crippen molar-refractivity contribution in [2.24, 2.45) is 0 Å². The van der Waals surface area contributed by atoms with Gasteiger partial charge in [-0.15, -0.1) is 10.2 Å². The van der Waals surface area contributed by atoms with Crippen LogP contribution in [0.15, 0.2) is 65.6 Å². The molecule has 186 valence electrons. The average molecular weight is 495 g/mol. The van der Waals surface area contributed by atoms with Crippen LogP contribution in [0.2, 0.25) is 0 Å². The van der Waals surface area contributed by atoms with Gasteiger partial charge in [-0.25, -0.2) is 0 Å². The summed E-state index contributed by atoms with van der Waals surface area (Å²) in [6, 6.07) is 15.6. The van der Waals surface area contributed by atoms with E-state index in [1.54, 1.807) is 30.5 Å². The molecular formula is C25H24F2N6O3. The lowest BCUT2D eigenvalue weighted by Crippen LogP contribution is -2.24. The summed E-state index contributed by atoms with van der Waals surface area (Å²) >= 11 is 0.